The van der Waals surface area contributed by atoms with Gasteiger partial charge in [-0.2, -0.15) is 4.31 Å². The Morgan fingerprint density at radius 2 is 2.18 bits per heavy atom. The summed E-state index contributed by atoms with van der Waals surface area (Å²) in [7, 11) is -3.48. The fraction of sp³-hybridized carbons (Fsp3) is 0.545. The van der Waals surface area contributed by atoms with Gasteiger partial charge in [0.1, 0.15) is 10.5 Å². The third kappa shape index (κ3) is 2.43. The molecule has 1 saturated heterocycles. The zero-order valence-corrected chi connectivity index (χ0v) is 11.3. The molecule has 17 heavy (non-hydrogen) atoms. The van der Waals surface area contributed by atoms with Gasteiger partial charge in [-0.25, -0.2) is 8.42 Å². The molecule has 2 heterocycles. The first-order chi connectivity index (χ1) is 8.05. The van der Waals surface area contributed by atoms with Crippen molar-refractivity contribution >= 4 is 27.6 Å². The normalized spacial score (nSPS) is 22.5. The van der Waals surface area contributed by atoms with Crippen molar-refractivity contribution in [3.05, 3.63) is 17.0 Å². The molecule has 1 fully saturated rings. The lowest BCUT2D eigenvalue weighted by Gasteiger charge is -2.30. The highest BCUT2D eigenvalue weighted by Gasteiger charge is 2.33. The number of piperidine rings is 1. The minimum Gasteiger partial charge on any atom is -0.302 e. The van der Waals surface area contributed by atoms with Crippen LogP contribution >= 0.6 is 11.3 Å². The molecule has 4 nitrogen and oxygen atoms in total. The van der Waals surface area contributed by atoms with Crippen molar-refractivity contribution in [3.63, 3.8) is 0 Å². The third-order valence-electron chi connectivity index (χ3n) is 2.93. The van der Waals surface area contributed by atoms with Crippen LogP contribution in [0.2, 0.25) is 0 Å². The Kier molecular flexibility index (Phi) is 3.65. The number of thiophene rings is 1. The highest BCUT2D eigenvalue weighted by molar-refractivity contribution is 7.91. The lowest BCUT2D eigenvalue weighted by Crippen LogP contribution is -2.44. The van der Waals surface area contributed by atoms with E-state index in [1.54, 1.807) is 12.1 Å². The van der Waals surface area contributed by atoms with E-state index in [9.17, 15) is 13.2 Å². The zero-order chi connectivity index (χ0) is 12.5. The molecule has 1 aromatic rings. The maximum absolute atomic E-state index is 12.3. The van der Waals surface area contributed by atoms with Crippen LogP contribution in [-0.4, -0.2) is 31.6 Å². The van der Waals surface area contributed by atoms with Crippen LogP contribution in [0.3, 0.4) is 0 Å². The Balaban J connectivity index is 2.34. The number of aldehydes is 1. The van der Waals surface area contributed by atoms with Crippen molar-refractivity contribution in [1.82, 2.24) is 4.31 Å². The largest absolute Gasteiger partial charge is 0.302 e. The van der Waals surface area contributed by atoms with Gasteiger partial charge in [0.2, 0.25) is 0 Å². The van der Waals surface area contributed by atoms with Crippen molar-refractivity contribution < 1.29 is 13.2 Å². The van der Waals surface area contributed by atoms with E-state index < -0.39 is 16.1 Å². The predicted molar refractivity (Wildman–Crippen MR) is 66.7 cm³/mol. The van der Waals surface area contributed by atoms with Gasteiger partial charge in [-0.05, 0) is 31.9 Å². The summed E-state index contributed by atoms with van der Waals surface area (Å²) in [6, 6.07) is 2.92. The monoisotopic (exact) mass is 273 g/mol. The number of carbonyl (C=O) groups is 1. The van der Waals surface area contributed by atoms with Gasteiger partial charge in [-0.1, -0.05) is 6.42 Å². The summed E-state index contributed by atoms with van der Waals surface area (Å²) in [6.07, 6.45) is 3.12. The number of nitrogens with zero attached hydrogens (tertiary/aromatic N) is 1. The molecule has 0 radical (unpaired) electrons. The van der Waals surface area contributed by atoms with Crippen molar-refractivity contribution in [3.8, 4) is 0 Å². The Morgan fingerprint density at radius 3 is 2.76 bits per heavy atom. The molecular weight excluding hydrogens is 258 g/mol. The van der Waals surface area contributed by atoms with Crippen LogP contribution in [0.5, 0.6) is 0 Å². The molecular formula is C11H15NO3S2. The molecule has 0 N–H and O–H groups in total. The van der Waals surface area contributed by atoms with E-state index in [0.29, 0.717) is 17.2 Å². The average Bonchev–Trinajstić information content (AvgIpc) is 2.76. The standard InChI is InChI=1S/C11H15NO3S2/c1-9-5-6-11(16-9)17(14,15)12-7-3-2-4-10(12)8-13/h5-6,8,10H,2-4,7H2,1H3. The smallest absolute Gasteiger partial charge is 0.253 e. The topological polar surface area (TPSA) is 54.5 Å². The van der Waals surface area contributed by atoms with Gasteiger partial charge >= 0.3 is 0 Å². The number of rotatable bonds is 3. The summed E-state index contributed by atoms with van der Waals surface area (Å²) in [5, 5.41) is 0. The summed E-state index contributed by atoms with van der Waals surface area (Å²) in [4.78, 5) is 11.9. The van der Waals surface area contributed by atoms with Crippen LogP contribution in [0.4, 0.5) is 0 Å². The second-order valence-electron chi connectivity index (χ2n) is 4.18. The molecule has 1 aliphatic heterocycles. The number of carbonyl (C=O) groups excluding carboxylic acids is 1. The van der Waals surface area contributed by atoms with Crippen LogP contribution in [0, 0.1) is 6.92 Å². The highest BCUT2D eigenvalue weighted by atomic mass is 32.2. The van der Waals surface area contributed by atoms with Crippen molar-refractivity contribution in [2.75, 3.05) is 6.54 Å². The average molecular weight is 273 g/mol. The van der Waals surface area contributed by atoms with E-state index in [2.05, 4.69) is 0 Å². The maximum Gasteiger partial charge on any atom is 0.253 e. The fourth-order valence-electron chi connectivity index (χ4n) is 2.03. The van der Waals surface area contributed by atoms with Gasteiger partial charge in [-0.3, -0.25) is 0 Å². The summed E-state index contributed by atoms with van der Waals surface area (Å²) in [6.45, 7) is 2.32. The first-order valence-corrected chi connectivity index (χ1v) is 7.85. The molecule has 1 aromatic heterocycles. The molecule has 94 valence electrons. The van der Waals surface area contributed by atoms with Crippen LogP contribution in [-0.2, 0) is 14.8 Å². The quantitative estimate of drug-likeness (QED) is 0.789. The van der Waals surface area contributed by atoms with E-state index in [0.717, 1.165) is 24.0 Å². The van der Waals surface area contributed by atoms with E-state index in [4.69, 9.17) is 0 Å². The molecule has 0 aromatic carbocycles. The zero-order valence-electron chi connectivity index (χ0n) is 9.63. The molecule has 1 atom stereocenters. The summed E-state index contributed by atoms with van der Waals surface area (Å²) in [5.41, 5.74) is 0. The lowest BCUT2D eigenvalue weighted by molar-refractivity contribution is -0.111. The Labute approximate surface area is 105 Å². The van der Waals surface area contributed by atoms with Crippen molar-refractivity contribution in [2.24, 2.45) is 0 Å². The lowest BCUT2D eigenvalue weighted by atomic mass is 10.1. The summed E-state index contributed by atoms with van der Waals surface area (Å²) in [5.74, 6) is 0. The third-order valence-corrected chi connectivity index (χ3v) is 6.33. The van der Waals surface area contributed by atoms with Crippen molar-refractivity contribution in [2.45, 2.75) is 36.4 Å². The number of hydrogen-bond donors (Lipinski definition) is 0. The molecule has 0 aliphatic carbocycles. The summed E-state index contributed by atoms with van der Waals surface area (Å²) < 4.78 is 26.4. The van der Waals surface area contributed by atoms with E-state index >= 15 is 0 Å². The molecule has 2 rings (SSSR count). The van der Waals surface area contributed by atoms with Gasteiger partial charge in [0.25, 0.3) is 10.0 Å². The van der Waals surface area contributed by atoms with Gasteiger partial charge in [0.05, 0.1) is 6.04 Å². The number of hydrogen-bond acceptors (Lipinski definition) is 4. The minimum atomic E-state index is -3.48. The molecule has 0 spiro atoms. The Morgan fingerprint density at radius 1 is 1.41 bits per heavy atom. The minimum absolute atomic E-state index is 0.337. The van der Waals surface area contributed by atoms with E-state index in [1.165, 1.54) is 15.6 Å². The van der Waals surface area contributed by atoms with Crippen molar-refractivity contribution in [1.29, 1.82) is 0 Å². The van der Waals surface area contributed by atoms with Gasteiger partial charge in [0, 0.05) is 11.4 Å². The first-order valence-electron chi connectivity index (χ1n) is 5.59. The second-order valence-corrected chi connectivity index (χ2v) is 7.59. The van der Waals surface area contributed by atoms with Crippen LogP contribution in [0.25, 0.3) is 0 Å². The Bertz CT molecular complexity index is 507. The SMILES string of the molecule is Cc1ccc(S(=O)(=O)N2CCCCC2C=O)s1. The maximum atomic E-state index is 12.3. The molecule has 6 heteroatoms. The van der Waals surface area contributed by atoms with Crippen LogP contribution in [0.1, 0.15) is 24.1 Å². The number of aryl methyl sites for hydroxylation is 1. The van der Waals surface area contributed by atoms with Crippen LogP contribution in [0.15, 0.2) is 16.3 Å². The molecule has 0 saturated carbocycles. The second kappa shape index (κ2) is 4.88. The highest BCUT2D eigenvalue weighted by Crippen LogP contribution is 2.28. The molecule has 1 unspecified atom stereocenters. The summed E-state index contributed by atoms with van der Waals surface area (Å²) >= 11 is 1.26. The van der Waals surface area contributed by atoms with E-state index in [-0.39, 0.29) is 0 Å². The molecule has 1 aliphatic rings. The molecule has 0 bridgehead atoms. The fourth-order valence-corrected chi connectivity index (χ4v) is 5.08. The Hall–Kier alpha value is -0.720. The van der Waals surface area contributed by atoms with Gasteiger partial charge in [0.15, 0.2) is 0 Å². The van der Waals surface area contributed by atoms with Crippen LogP contribution < -0.4 is 0 Å². The number of sulfonamides is 1. The predicted octanol–water partition coefficient (Wildman–Crippen LogP) is 1.80. The molecule has 0 amide bonds. The first kappa shape index (κ1) is 12.7. The van der Waals surface area contributed by atoms with Gasteiger partial charge in [-0.15, -0.1) is 11.3 Å². The van der Waals surface area contributed by atoms with Gasteiger partial charge < -0.3 is 4.79 Å². The van der Waals surface area contributed by atoms with E-state index in [1.807, 2.05) is 6.92 Å².